The molecule has 0 spiro atoms. The second kappa shape index (κ2) is 8.52. The minimum Gasteiger partial charge on any atom is -0.508 e. The Morgan fingerprint density at radius 2 is 1.79 bits per heavy atom. The lowest BCUT2D eigenvalue weighted by Crippen LogP contribution is -2.32. The van der Waals surface area contributed by atoms with Gasteiger partial charge in [-0.25, -0.2) is 19.6 Å². The Morgan fingerprint density at radius 3 is 2.62 bits per heavy atom. The molecule has 0 saturated carbocycles. The normalized spacial score (nSPS) is 13.8. The molecule has 0 fully saturated rings. The summed E-state index contributed by atoms with van der Waals surface area (Å²) in [4.78, 5) is 27.7. The Bertz CT molecular complexity index is 1970. The van der Waals surface area contributed by atoms with Gasteiger partial charge in [0.2, 0.25) is 0 Å². The molecule has 6 aromatic rings. The monoisotopic (exact) mass is 518 g/mol. The van der Waals surface area contributed by atoms with Crippen molar-refractivity contribution >= 4 is 27.8 Å². The van der Waals surface area contributed by atoms with Crippen molar-refractivity contribution in [1.29, 1.82) is 0 Å². The summed E-state index contributed by atoms with van der Waals surface area (Å²) in [5.41, 5.74) is 11.8. The number of aryl methyl sites for hydroxylation is 1. The molecule has 39 heavy (non-hydrogen) atoms. The molecule has 7 rings (SSSR count). The van der Waals surface area contributed by atoms with E-state index in [4.69, 9.17) is 15.8 Å². The van der Waals surface area contributed by atoms with Crippen LogP contribution in [0.3, 0.4) is 0 Å². The van der Waals surface area contributed by atoms with Crippen molar-refractivity contribution in [2.24, 2.45) is 0 Å². The van der Waals surface area contributed by atoms with Crippen LogP contribution in [0.25, 0.3) is 33.2 Å². The highest BCUT2D eigenvalue weighted by atomic mass is 16.3. The maximum absolute atomic E-state index is 13.9. The Labute approximate surface area is 223 Å². The predicted octanol–water partition coefficient (Wildman–Crippen LogP) is 4.01. The van der Waals surface area contributed by atoms with Crippen LogP contribution in [0.5, 0.6) is 5.75 Å². The molecule has 4 aromatic heterocycles. The first kappa shape index (κ1) is 23.2. The van der Waals surface area contributed by atoms with Gasteiger partial charge in [0.25, 0.3) is 5.56 Å². The number of fused-ring (bicyclic) bond motifs is 3. The van der Waals surface area contributed by atoms with Crippen LogP contribution in [0.1, 0.15) is 41.9 Å². The summed E-state index contributed by atoms with van der Waals surface area (Å²) in [5, 5.41) is 16.7. The van der Waals surface area contributed by atoms with Gasteiger partial charge in [-0.1, -0.05) is 12.1 Å². The first-order valence-electron chi connectivity index (χ1n) is 12.9. The number of hydrogen-bond acceptors (Lipinski definition) is 7. The van der Waals surface area contributed by atoms with Crippen LogP contribution >= 0.6 is 0 Å². The molecular weight excluding hydrogens is 492 g/mol. The average Bonchev–Trinajstić information content (AvgIpc) is 3.69. The number of nitrogens with two attached hydrogens (primary N) is 1. The molecule has 3 N–H and O–H groups in total. The fourth-order valence-corrected chi connectivity index (χ4v) is 5.83. The first-order chi connectivity index (χ1) is 18.9. The van der Waals surface area contributed by atoms with E-state index in [-0.39, 0.29) is 5.56 Å². The molecule has 4 heterocycles. The summed E-state index contributed by atoms with van der Waals surface area (Å²) in [7, 11) is 0. The van der Waals surface area contributed by atoms with Gasteiger partial charge in [0.1, 0.15) is 29.6 Å². The van der Waals surface area contributed by atoms with Crippen molar-refractivity contribution in [3.05, 3.63) is 94.1 Å². The van der Waals surface area contributed by atoms with Crippen LogP contribution < -0.4 is 11.3 Å². The summed E-state index contributed by atoms with van der Waals surface area (Å²) < 4.78 is 5.08. The van der Waals surface area contributed by atoms with E-state index < -0.39 is 6.04 Å². The van der Waals surface area contributed by atoms with Crippen molar-refractivity contribution in [3.8, 4) is 17.0 Å². The van der Waals surface area contributed by atoms with Gasteiger partial charge < -0.3 is 10.8 Å². The van der Waals surface area contributed by atoms with Gasteiger partial charge in [-0.05, 0) is 80.1 Å². The van der Waals surface area contributed by atoms with Crippen LogP contribution in [0.4, 0.5) is 5.82 Å². The van der Waals surface area contributed by atoms with Crippen molar-refractivity contribution < 1.29 is 5.11 Å². The van der Waals surface area contributed by atoms with E-state index in [0.717, 1.165) is 41.5 Å². The number of phenols is 1. The van der Waals surface area contributed by atoms with E-state index in [0.29, 0.717) is 45.0 Å². The van der Waals surface area contributed by atoms with Crippen LogP contribution in [-0.4, -0.2) is 39.2 Å². The highest BCUT2D eigenvalue weighted by Crippen LogP contribution is 2.40. The van der Waals surface area contributed by atoms with Gasteiger partial charge in [0.05, 0.1) is 16.3 Å². The summed E-state index contributed by atoms with van der Waals surface area (Å²) in [6, 6.07) is 12.5. The third-order valence-electron chi connectivity index (χ3n) is 7.70. The second-order valence-corrected chi connectivity index (χ2v) is 9.99. The number of hydrogen-bond donors (Lipinski definition) is 2. The lowest BCUT2D eigenvalue weighted by atomic mass is 9.98. The second-order valence-electron chi connectivity index (χ2n) is 9.99. The van der Waals surface area contributed by atoms with Gasteiger partial charge in [-0.2, -0.15) is 9.77 Å². The van der Waals surface area contributed by atoms with Crippen molar-refractivity contribution in [3.63, 3.8) is 0 Å². The molecule has 0 bridgehead atoms. The highest BCUT2D eigenvalue weighted by Gasteiger charge is 2.28. The average molecular weight is 519 g/mol. The number of phenolic OH excluding ortho intramolecular Hbond substituents is 1. The summed E-state index contributed by atoms with van der Waals surface area (Å²) in [6.45, 7) is 3.86. The van der Waals surface area contributed by atoms with Gasteiger partial charge >= 0.3 is 0 Å². The molecule has 1 aliphatic carbocycles. The Balaban J connectivity index is 1.51. The third-order valence-corrected chi connectivity index (χ3v) is 7.70. The molecule has 0 saturated heterocycles. The molecule has 10 heteroatoms. The van der Waals surface area contributed by atoms with E-state index in [1.807, 2.05) is 62.6 Å². The largest absolute Gasteiger partial charge is 0.508 e. The first-order valence-corrected chi connectivity index (χ1v) is 12.9. The highest BCUT2D eigenvalue weighted by molar-refractivity contribution is 5.99. The zero-order valence-electron chi connectivity index (χ0n) is 21.5. The molecule has 2 aromatic carbocycles. The van der Waals surface area contributed by atoms with Crippen LogP contribution in [0.15, 0.2) is 66.0 Å². The molecule has 194 valence electrons. The fraction of sp³-hybridized carbons (Fsp3) is 0.207. The molecule has 0 amide bonds. The van der Waals surface area contributed by atoms with Crippen molar-refractivity contribution in [2.75, 3.05) is 5.73 Å². The molecule has 10 nitrogen and oxygen atoms in total. The minimum absolute atomic E-state index is 0.168. The number of nitrogen functional groups attached to an aromatic ring is 1. The maximum atomic E-state index is 13.9. The van der Waals surface area contributed by atoms with E-state index >= 15 is 0 Å². The van der Waals surface area contributed by atoms with E-state index in [2.05, 4.69) is 9.97 Å². The lowest BCUT2D eigenvalue weighted by molar-refractivity contribution is 0.469. The third kappa shape index (κ3) is 3.37. The lowest BCUT2D eigenvalue weighted by Gasteiger charge is -2.20. The van der Waals surface area contributed by atoms with E-state index in [1.165, 1.54) is 6.33 Å². The summed E-state index contributed by atoms with van der Waals surface area (Å²) >= 11 is 0. The molecular formula is C29H26N8O2. The van der Waals surface area contributed by atoms with Crippen molar-refractivity contribution in [1.82, 2.24) is 34.1 Å². The number of rotatable bonds is 4. The molecule has 1 aliphatic rings. The number of aromatic nitrogens is 7. The topological polar surface area (TPSA) is 130 Å². The molecule has 0 aliphatic heterocycles. The SMILES string of the molecule is Cc1cccc2nc([C@H](C)n3nc(-c4ccc(O)c5c4CCC5)c4c(N)ncnc43)n(-n3cccc3)c(=O)c12. The van der Waals surface area contributed by atoms with Crippen LogP contribution in [0.2, 0.25) is 0 Å². The zero-order chi connectivity index (χ0) is 26.8. The number of nitrogens with zero attached hydrogens (tertiary/aromatic N) is 7. The zero-order valence-corrected chi connectivity index (χ0v) is 21.5. The molecule has 0 radical (unpaired) electrons. The standard InChI is InChI=1S/C29H26N8O2/c1-16-7-5-10-21-23(16)29(39)37(35-13-3-4-14-35)27(33-21)17(2)36-28-24(26(30)31-15-32-28)25(34-36)20-11-12-22(38)19-9-6-8-18(19)20/h3-5,7,10-15,17,38H,6,8-9H2,1-2H3,(H2,30,31,32)/t17-/m0/s1. The smallest absolute Gasteiger partial charge is 0.281 e. The Morgan fingerprint density at radius 1 is 1.00 bits per heavy atom. The van der Waals surface area contributed by atoms with E-state index in [9.17, 15) is 9.90 Å². The van der Waals surface area contributed by atoms with Gasteiger partial charge in [0, 0.05) is 18.0 Å². The fourth-order valence-electron chi connectivity index (χ4n) is 5.83. The van der Waals surface area contributed by atoms with Crippen LogP contribution in [0, 0.1) is 6.92 Å². The van der Waals surface area contributed by atoms with Crippen molar-refractivity contribution in [2.45, 2.75) is 39.2 Å². The Kier molecular flexibility index (Phi) is 5.06. The maximum Gasteiger partial charge on any atom is 0.281 e. The number of benzene rings is 2. The molecule has 1 atom stereocenters. The van der Waals surface area contributed by atoms with Gasteiger partial charge in [0.15, 0.2) is 11.5 Å². The van der Waals surface area contributed by atoms with Gasteiger partial charge in [-0.15, -0.1) is 0 Å². The summed E-state index contributed by atoms with van der Waals surface area (Å²) in [6.07, 6.45) is 7.68. The quantitative estimate of drug-likeness (QED) is 0.361. The predicted molar refractivity (Wildman–Crippen MR) is 149 cm³/mol. The minimum atomic E-state index is -0.499. The number of aromatic hydroxyl groups is 1. The molecule has 0 unspecified atom stereocenters. The van der Waals surface area contributed by atoms with E-state index in [1.54, 1.807) is 20.1 Å². The Hall–Kier alpha value is -4.99. The summed E-state index contributed by atoms with van der Waals surface area (Å²) in [5.74, 6) is 1.12. The van der Waals surface area contributed by atoms with Gasteiger partial charge in [-0.3, -0.25) is 9.47 Å². The van der Waals surface area contributed by atoms with Crippen LogP contribution in [-0.2, 0) is 12.8 Å². The number of anilines is 1.